The lowest BCUT2D eigenvalue weighted by Gasteiger charge is -2.55. The highest BCUT2D eigenvalue weighted by molar-refractivity contribution is 5.79. The molecular weight excluding hydrogens is 359 g/mol. The zero-order valence-electron chi connectivity index (χ0n) is 16.2. The predicted molar refractivity (Wildman–Crippen MR) is 103 cm³/mol. The summed E-state index contributed by atoms with van der Waals surface area (Å²) in [4.78, 5) is 16.6. The number of rotatable bonds is 4. The van der Waals surface area contributed by atoms with E-state index in [1.807, 2.05) is 30.1 Å². The van der Waals surface area contributed by atoms with E-state index in [1.54, 1.807) is 12.1 Å². The minimum Gasteiger partial charge on any atom is -0.494 e. The molecule has 2 aliphatic heterocycles. The van der Waals surface area contributed by atoms with Crippen molar-refractivity contribution in [2.75, 3.05) is 33.9 Å². The van der Waals surface area contributed by atoms with E-state index in [-0.39, 0.29) is 30.2 Å². The molecule has 0 unspecified atom stereocenters. The van der Waals surface area contributed by atoms with Crippen LogP contribution in [0.2, 0.25) is 0 Å². The van der Waals surface area contributed by atoms with Gasteiger partial charge >= 0.3 is 0 Å². The quantitative estimate of drug-likeness (QED) is 0.813. The second-order valence-corrected chi connectivity index (χ2v) is 7.50. The number of methoxy groups -OCH3 is 1. The van der Waals surface area contributed by atoms with Gasteiger partial charge in [-0.1, -0.05) is 36.4 Å². The summed E-state index contributed by atoms with van der Waals surface area (Å²) in [5.74, 6) is -0.0899. The van der Waals surface area contributed by atoms with Crippen molar-refractivity contribution in [1.82, 2.24) is 9.80 Å². The molecule has 0 N–H and O–H groups in total. The molecule has 2 heterocycles. The first kappa shape index (κ1) is 18.9. The molecule has 2 saturated heterocycles. The Hall–Kier alpha value is -2.44. The number of fused-ring (bicyclic) bond motifs is 1. The Morgan fingerprint density at radius 3 is 2.79 bits per heavy atom. The molecule has 0 aliphatic carbocycles. The van der Waals surface area contributed by atoms with Gasteiger partial charge in [-0.25, -0.2) is 4.39 Å². The van der Waals surface area contributed by atoms with Crippen LogP contribution in [0.5, 0.6) is 5.75 Å². The average Bonchev–Trinajstić information content (AvgIpc) is 2.73. The minimum absolute atomic E-state index is 0.0109. The van der Waals surface area contributed by atoms with Crippen molar-refractivity contribution < 1.29 is 18.7 Å². The number of piperidine rings is 1. The second kappa shape index (κ2) is 7.53. The van der Waals surface area contributed by atoms with Gasteiger partial charge in [0.25, 0.3) is 0 Å². The number of likely N-dealkylation sites (tertiary alicyclic amines) is 1. The first-order valence-electron chi connectivity index (χ1n) is 9.53. The fourth-order valence-corrected chi connectivity index (χ4v) is 4.49. The molecule has 2 aromatic carbocycles. The fourth-order valence-electron chi connectivity index (χ4n) is 4.49. The number of hydrogen-bond donors (Lipinski definition) is 0. The summed E-state index contributed by atoms with van der Waals surface area (Å²) in [6.45, 7) is 2.30. The average molecular weight is 384 g/mol. The first-order valence-corrected chi connectivity index (χ1v) is 9.53. The third-order valence-electron chi connectivity index (χ3n) is 6.04. The predicted octanol–water partition coefficient (Wildman–Crippen LogP) is 2.79. The number of carbonyl (C=O) groups excluding carboxylic acids is 1. The number of benzene rings is 2. The summed E-state index contributed by atoms with van der Waals surface area (Å²) in [6, 6.07) is 15.1. The van der Waals surface area contributed by atoms with E-state index >= 15 is 0 Å². The van der Waals surface area contributed by atoms with Gasteiger partial charge in [0.2, 0.25) is 5.91 Å². The number of halogens is 1. The molecule has 0 spiro atoms. The fraction of sp³-hybridized carbons (Fsp3) is 0.409. The van der Waals surface area contributed by atoms with E-state index < -0.39 is 5.54 Å². The molecule has 1 amide bonds. The Morgan fingerprint density at radius 1 is 1.25 bits per heavy atom. The van der Waals surface area contributed by atoms with Crippen molar-refractivity contribution >= 4 is 5.91 Å². The summed E-state index contributed by atoms with van der Waals surface area (Å²) < 4.78 is 24.8. The lowest BCUT2D eigenvalue weighted by Crippen LogP contribution is -2.66. The molecule has 2 fully saturated rings. The van der Waals surface area contributed by atoms with Crippen LogP contribution in [-0.4, -0.2) is 55.7 Å². The van der Waals surface area contributed by atoms with Gasteiger partial charge < -0.3 is 14.4 Å². The Balaban J connectivity index is 1.58. The molecule has 5 nitrogen and oxygen atoms in total. The number of amides is 1. The third-order valence-corrected chi connectivity index (χ3v) is 6.04. The van der Waals surface area contributed by atoms with Crippen LogP contribution >= 0.6 is 0 Å². The Bertz CT molecular complexity index is 860. The molecule has 6 heteroatoms. The summed E-state index contributed by atoms with van der Waals surface area (Å²) in [5.41, 5.74) is 1.65. The van der Waals surface area contributed by atoms with E-state index in [9.17, 15) is 9.18 Å². The highest BCUT2D eigenvalue weighted by Gasteiger charge is 2.52. The van der Waals surface area contributed by atoms with Gasteiger partial charge in [0.1, 0.15) is 6.61 Å². The van der Waals surface area contributed by atoms with Crippen molar-refractivity contribution in [3.63, 3.8) is 0 Å². The van der Waals surface area contributed by atoms with Gasteiger partial charge in [0, 0.05) is 26.7 Å². The van der Waals surface area contributed by atoms with E-state index in [2.05, 4.69) is 17.0 Å². The number of nitrogens with zero attached hydrogens (tertiary/aromatic N) is 2. The topological polar surface area (TPSA) is 42.0 Å². The molecule has 28 heavy (non-hydrogen) atoms. The molecule has 4 rings (SSSR count). The summed E-state index contributed by atoms with van der Waals surface area (Å²) in [5, 5.41) is 0. The highest BCUT2D eigenvalue weighted by atomic mass is 19.1. The van der Waals surface area contributed by atoms with Gasteiger partial charge in [-0.2, -0.15) is 0 Å². The summed E-state index contributed by atoms with van der Waals surface area (Å²) >= 11 is 0. The maximum Gasteiger partial charge on any atom is 0.249 e. The van der Waals surface area contributed by atoms with Crippen LogP contribution in [0.3, 0.4) is 0 Å². The Kier molecular flexibility index (Phi) is 5.08. The maximum atomic E-state index is 13.7. The molecule has 2 aliphatic rings. The molecule has 0 aromatic heterocycles. The second-order valence-electron chi connectivity index (χ2n) is 7.50. The van der Waals surface area contributed by atoms with Crippen LogP contribution in [0.15, 0.2) is 48.5 Å². The van der Waals surface area contributed by atoms with Crippen molar-refractivity contribution in [3.05, 3.63) is 65.5 Å². The van der Waals surface area contributed by atoms with Crippen molar-refractivity contribution in [1.29, 1.82) is 0 Å². The van der Waals surface area contributed by atoms with E-state index in [4.69, 9.17) is 9.47 Å². The first-order chi connectivity index (χ1) is 13.5. The third kappa shape index (κ3) is 3.16. The maximum absolute atomic E-state index is 13.7. The van der Waals surface area contributed by atoms with Crippen LogP contribution in [0.4, 0.5) is 4.39 Å². The van der Waals surface area contributed by atoms with Crippen LogP contribution in [-0.2, 0) is 21.6 Å². The number of likely N-dealkylation sites (N-methyl/N-ethyl adjacent to an activating group) is 1. The Labute approximate surface area is 164 Å². The molecule has 2 aromatic rings. The number of hydrogen-bond acceptors (Lipinski definition) is 4. The van der Waals surface area contributed by atoms with Crippen LogP contribution < -0.4 is 4.74 Å². The molecular formula is C22H25FN2O3. The van der Waals surface area contributed by atoms with Gasteiger partial charge in [-0.15, -0.1) is 0 Å². The zero-order valence-corrected chi connectivity index (χ0v) is 16.2. The molecule has 0 radical (unpaired) electrons. The van der Waals surface area contributed by atoms with Crippen molar-refractivity contribution in [3.8, 4) is 5.75 Å². The van der Waals surface area contributed by atoms with E-state index in [0.29, 0.717) is 13.1 Å². The molecule has 148 valence electrons. The lowest BCUT2D eigenvalue weighted by molar-refractivity contribution is -0.183. The number of ether oxygens (including phenoxy) is 2. The normalized spacial score (nSPS) is 25.5. The zero-order chi connectivity index (χ0) is 19.7. The SMILES string of the molecule is COc1cc(CN2CC[C@]3(c4ccccc4)[C@@H](C2)OCC(=O)N3C)ccc1F. The van der Waals surface area contributed by atoms with Crippen molar-refractivity contribution in [2.24, 2.45) is 0 Å². The molecule has 0 bridgehead atoms. The Morgan fingerprint density at radius 2 is 2.04 bits per heavy atom. The van der Waals surface area contributed by atoms with Crippen molar-refractivity contribution in [2.45, 2.75) is 24.6 Å². The standard InChI is InChI=1S/C22H25FN2O3/c1-24-21(26)15-28-20-14-25(13-16-8-9-18(23)19(12-16)27-2)11-10-22(20,24)17-6-4-3-5-7-17/h3-9,12,20H,10-11,13-15H2,1-2H3/t20-,22+/m1/s1. The van der Waals surface area contributed by atoms with Crippen LogP contribution in [0.25, 0.3) is 0 Å². The summed E-state index contributed by atoms with van der Waals surface area (Å²) in [6.07, 6.45) is 0.663. The number of morpholine rings is 1. The molecule has 0 saturated carbocycles. The van der Waals surface area contributed by atoms with Gasteiger partial charge in [-0.05, 0) is 29.7 Å². The monoisotopic (exact) mass is 384 g/mol. The van der Waals surface area contributed by atoms with Gasteiger partial charge in [0.05, 0.1) is 18.8 Å². The molecule has 2 atom stereocenters. The van der Waals surface area contributed by atoms with E-state index in [0.717, 1.165) is 24.1 Å². The van der Waals surface area contributed by atoms with Gasteiger partial charge in [-0.3, -0.25) is 9.69 Å². The summed E-state index contributed by atoms with van der Waals surface area (Å²) in [7, 11) is 3.35. The number of carbonyl (C=O) groups is 1. The van der Waals surface area contributed by atoms with E-state index in [1.165, 1.54) is 13.2 Å². The highest BCUT2D eigenvalue weighted by Crippen LogP contribution is 2.42. The minimum atomic E-state index is -0.451. The van der Waals surface area contributed by atoms with Crippen LogP contribution in [0.1, 0.15) is 17.5 Å². The largest absolute Gasteiger partial charge is 0.494 e. The lowest BCUT2D eigenvalue weighted by atomic mass is 9.76. The smallest absolute Gasteiger partial charge is 0.249 e. The van der Waals surface area contributed by atoms with Gasteiger partial charge in [0.15, 0.2) is 11.6 Å². The van der Waals surface area contributed by atoms with Crippen LogP contribution in [0, 0.1) is 5.82 Å².